The number of nitrogens with zero attached hydrogens (tertiary/aromatic N) is 8. The molecule has 2 unspecified atom stereocenters. The van der Waals surface area contributed by atoms with Crippen molar-refractivity contribution in [2.75, 3.05) is 87.8 Å². The van der Waals surface area contributed by atoms with Crippen LogP contribution in [0.25, 0.3) is 11.4 Å². The Morgan fingerprint density at radius 1 is 1.17 bits per heavy atom. The first-order chi connectivity index (χ1) is 19.4. The van der Waals surface area contributed by atoms with Crippen LogP contribution in [-0.4, -0.2) is 114 Å². The molecule has 3 N–H and O–H groups in total. The second kappa shape index (κ2) is 14.2. The molecule has 2 atom stereocenters. The van der Waals surface area contributed by atoms with E-state index in [1.807, 2.05) is 16.7 Å². The maximum atomic E-state index is 13.9. The minimum Gasteiger partial charge on any atom is -0.377 e. The van der Waals surface area contributed by atoms with E-state index in [1.54, 1.807) is 4.90 Å². The number of rotatable bonds is 8. The number of hydrogen-bond donors (Lipinski definition) is 2. The normalized spacial score (nSPS) is 21.6. The second-order valence-corrected chi connectivity index (χ2v) is 10.3. The molecule has 2 aromatic rings. The van der Waals surface area contributed by atoms with Gasteiger partial charge in [0.15, 0.2) is 5.82 Å². The van der Waals surface area contributed by atoms with Gasteiger partial charge in [-0.15, -0.1) is 12.4 Å². The van der Waals surface area contributed by atoms with Gasteiger partial charge in [-0.2, -0.15) is 15.0 Å². The number of carbonyl (C=O) groups is 1. The van der Waals surface area contributed by atoms with Crippen molar-refractivity contribution in [1.82, 2.24) is 35.1 Å². The SMILES string of the molecule is CC1COCCN1c1nc(-c2cnc(N)nc2C(F)F)nc(N2CCN(C(=O)COCC3CCCNC3)CC2)n1.Cl. The summed E-state index contributed by atoms with van der Waals surface area (Å²) < 4.78 is 39.0. The number of piperazine rings is 1. The Morgan fingerprint density at radius 2 is 1.95 bits per heavy atom. The Bertz CT molecular complexity index is 1170. The zero-order valence-corrected chi connectivity index (χ0v) is 23.9. The number of anilines is 3. The predicted molar refractivity (Wildman–Crippen MR) is 150 cm³/mol. The van der Waals surface area contributed by atoms with Gasteiger partial charge in [-0.3, -0.25) is 4.79 Å². The van der Waals surface area contributed by atoms with E-state index in [9.17, 15) is 13.6 Å². The molecule has 1 amide bonds. The second-order valence-electron chi connectivity index (χ2n) is 10.3. The van der Waals surface area contributed by atoms with Crippen molar-refractivity contribution < 1.29 is 23.0 Å². The van der Waals surface area contributed by atoms with Crippen LogP contribution in [-0.2, 0) is 14.3 Å². The molecule has 16 heteroatoms. The van der Waals surface area contributed by atoms with Crippen molar-refractivity contribution in [2.24, 2.45) is 5.92 Å². The fraction of sp³-hybridized carbons (Fsp3) is 0.680. The van der Waals surface area contributed by atoms with Crippen LogP contribution in [0.15, 0.2) is 6.20 Å². The quantitative estimate of drug-likeness (QED) is 0.449. The molecule has 0 spiro atoms. The maximum Gasteiger partial charge on any atom is 0.281 e. The maximum absolute atomic E-state index is 13.9. The number of nitrogens with one attached hydrogen (secondary N) is 1. The van der Waals surface area contributed by atoms with Crippen molar-refractivity contribution in [3.8, 4) is 11.4 Å². The van der Waals surface area contributed by atoms with Crippen LogP contribution >= 0.6 is 12.4 Å². The average molecular weight is 599 g/mol. The zero-order chi connectivity index (χ0) is 28.1. The van der Waals surface area contributed by atoms with Gasteiger partial charge in [0.05, 0.1) is 31.4 Å². The molecule has 3 saturated heterocycles. The van der Waals surface area contributed by atoms with Crippen LogP contribution in [0.2, 0.25) is 0 Å². The van der Waals surface area contributed by atoms with Gasteiger partial charge in [0.1, 0.15) is 12.3 Å². The van der Waals surface area contributed by atoms with Crippen LogP contribution < -0.4 is 20.9 Å². The number of nitrogens with two attached hydrogens (primary N) is 1. The highest BCUT2D eigenvalue weighted by molar-refractivity contribution is 5.85. The highest BCUT2D eigenvalue weighted by Gasteiger charge is 2.29. The summed E-state index contributed by atoms with van der Waals surface area (Å²) in [5.41, 5.74) is 5.04. The smallest absolute Gasteiger partial charge is 0.281 e. The molecule has 3 aliphatic heterocycles. The molecule has 41 heavy (non-hydrogen) atoms. The first-order valence-corrected chi connectivity index (χ1v) is 13.7. The van der Waals surface area contributed by atoms with Crippen molar-refractivity contribution in [3.05, 3.63) is 11.9 Å². The Morgan fingerprint density at radius 3 is 2.66 bits per heavy atom. The Balaban J connectivity index is 0.00000387. The topological polar surface area (TPSA) is 148 Å². The number of nitrogen functional groups attached to an aromatic ring is 1. The number of alkyl halides is 2. The van der Waals surface area contributed by atoms with Crippen LogP contribution in [0.3, 0.4) is 0 Å². The molecule has 5 heterocycles. The summed E-state index contributed by atoms with van der Waals surface area (Å²) in [6, 6.07) is -0.0204. The molecular formula is C25H37ClF2N10O3. The third-order valence-corrected chi connectivity index (χ3v) is 7.41. The molecule has 0 aromatic carbocycles. The van der Waals surface area contributed by atoms with E-state index >= 15 is 0 Å². The van der Waals surface area contributed by atoms with Gasteiger partial charge >= 0.3 is 0 Å². The minimum absolute atomic E-state index is 0. The Kier molecular flexibility index (Phi) is 10.8. The third kappa shape index (κ3) is 7.64. The average Bonchev–Trinajstić information content (AvgIpc) is 2.97. The fourth-order valence-corrected chi connectivity index (χ4v) is 5.14. The third-order valence-electron chi connectivity index (χ3n) is 7.41. The molecule has 0 bridgehead atoms. The van der Waals surface area contributed by atoms with Crippen LogP contribution in [0.5, 0.6) is 0 Å². The molecule has 226 valence electrons. The van der Waals surface area contributed by atoms with E-state index in [0.29, 0.717) is 70.4 Å². The summed E-state index contributed by atoms with van der Waals surface area (Å²) in [5, 5.41) is 3.35. The summed E-state index contributed by atoms with van der Waals surface area (Å²) in [6.07, 6.45) is 0.567. The van der Waals surface area contributed by atoms with Gasteiger partial charge in [-0.25, -0.2) is 18.7 Å². The van der Waals surface area contributed by atoms with Gasteiger partial charge in [-0.1, -0.05) is 0 Å². The summed E-state index contributed by atoms with van der Waals surface area (Å²) in [6.45, 7) is 7.97. The van der Waals surface area contributed by atoms with E-state index < -0.39 is 12.1 Å². The molecule has 3 aliphatic rings. The molecule has 3 fully saturated rings. The zero-order valence-electron chi connectivity index (χ0n) is 23.0. The molecule has 5 rings (SSSR count). The summed E-state index contributed by atoms with van der Waals surface area (Å²) in [7, 11) is 0. The van der Waals surface area contributed by atoms with E-state index in [-0.39, 0.29) is 48.3 Å². The summed E-state index contributed by atoms with van der Waals surface area (Å²) in [5.74, 6) is 0.870. The lowest BCUT2D eigenvalue weighted by Crippen LogP contribution is -2.50. The molecule has 0 aliphatic carbocycles. The summed E-state index contributed by atoms with van der Waals surface area (Å²) >= 11 is 0. The number of amides is 1. The first-order valence-electron chi connectivity index (χ1n) is 13.7. The lowest BCUT2D eigenvalue weighted by atomic mass is 10.0. The molecule has 2 aromatic heterocycles. The number of hydrogen-bond acceptors (Lipinski definition) is 12. The molecule has 0 radical (unpaired) electrons. The van der Waals surface area contributed by atoms with E-state index in [1.165, 1.54) is 6.20 Å². The van der Waals surface area contributed by atoms with Crippen LogP contribution in [0, 0.1) is 5.92 Å². The highest BCUT2D eigenvalue weighted by Crippen LogP contribution is 2.30. The van der Waals surface area contributed by atoms with Crippen LogP contribution in [0.4, 0.5) is 26.6 Å². The largest absolute Gasteiger partial charge is 0.377 e. The van der Waals surface area contributed by atoms with Gasteiger partial charge in [-0.05, 0) is 32.2 Å². The van der Waals surface area contributed by atoms with Crippen molar-refractivity contribution in [3.63, 3.8) is 0 Å². The summed E-state index contributed by atoms with van der Waals surface area (Å²) in [4.78, 5) is 39.9. The molecular weight excluding hydrogens is 562 g/mol. The van der Waals surface area contributed by atoms with Gasteiger partial charge < -0.3 is 35.2 Å². The van der Waals surface area contributed by atoms with E-state index in [0.717, 1.165) is 25.9 Å². The predicted octanol–water partition coefficient (Wildman–Crippen LogP) is 1.16. The number of carbonyl (C=O) groups excluding carboxylic acids is 1. The lowest BCUT2D eigenvalue weighted by molar-refractivity contribution is -0.137. The monoisotopic (exact) mass is 598 g/mol. The van der Waals surface area contributed by atoms with E-state index in [2.05, 4.69) is 25.3 Å². The number of halogens is 3. The minimum atomic E-state index is -2.89. The number of morpholine rings is 1. The van der Waals surface area contributed by atoms with Gasteiger partial charge in [0, 0.05) is 45.5 Å². The Labute approximate surface area is 243 Å². The molecule has 0 saturated carbocycles. The van der Waals surface area contributed by atoms with Crippen molar-refractivity contribution >= 4 is 36.2 Å². The number of piperidine rings is 1. The van der Waals surface area contributed by atoms with Crippen molar-refractivity contribution in [1.29, 1.82) is 0 Å². The van der Waals surface area contributed by atoms with Gasteiger partial charge in [0.25, 0.3) is 6.43 Å². The Hall–Kier alpha value is -3.01. The number of aromatic nitrogens is 5. The van der Waals surface area contributed by atoms with Crippen LogP contribution in [0.1, 0.15) is 31.9 Å². The van der Waals surface area contributed by atoms with E-state index in [4.69, 9.17) is 20.2 Å². The molecule has 13 nitrogen and oxygen atoms in total. The number of ether oxygens (including phenoxy) is 2. The standard InChI is InChI=1S/C25H36F2N10O3.ClH/c1-16-13-39-10-9-37(16)25-33-22(18-12-30-23(28)31-20(18)21(26)27)32-24(34-25)36-7-5-35(6-8-36)19(38)15-40-14-17-3-2-4-29-11-17;/h12,16-17,21,29H,2-11,13-15H2,1H3,(H2,28,30,31);1H. The van der Waals surface area contributed by atoms with Gasteiger partial charge in [0.2, 0.25) is 23.8 Å². The fourth-order valence-electron chi connectivity index (χ4n) is 5.14. The highest BCUT2D eigenvalue weighted by atomic mass is 35.5. The first kappa shape index (κ1) is 30.9. The lowest BCUT2D eigenvalue weighted by Gasteiger charge is -2.36. The van der Waals surface area contributed by atoms with Crippen molar-refractivity contribution in [2.45, 2.75) is 32.2 Å².